The van der Waals surface area contributed by atoms with Gasteiger partial charge in [0.1, 0.15) is 5.75 Å². The van der Waals surface area contributed by atoms with E-state index in [1.165, 1.54) is 12.1 Å². The van der Waals surface area contributed by atoms with Gasteiger partial charge in [0.05, 0.1) is 12.0 Å². The SMILES string of the molecule is COc1ccc(NS(=O)(=O)c2ccc(NC(=S)NC3CC3)cc2)cc1. The fourth-order valence-corrected chi connectivity index (χ4v) is 3.51. The number of hydrogen-bond donors (Lipinski definition) is 3. The summed E-state index contributed by atoms with van der Waals surface area (Å²) >= 11 is 5.20. The second kappa shape index (κ2) is 7.28. The minimum atomic E-state index is -3.65. The normalized spacial score (nSPS) is 13.8. The lowest BCUT2D eigenvalue weighted by Gasteiger charge is -2.11. The van der Waals surface area contributed by atoms with Crippen LogP contribution in [-0.4, -0.2) is 26.7 Å². The Morgan fingerprint density at radius 3 is 2.20 bits per heavy atom. The number of rotatable bonds is 6. The molecule has 1 fully saturated rings. The first kappa shape index (κ1) is 17.5. The van der Waals surface area contributed by atoms with E-state index in [2.05, 4.69) is 15.4 Å². The molecule has 2 aromatic rings. The molecule has 0 saturated heterocycles. The Hall–Kier alpha value is -2.32. The predicted octanol–water partition coefficient (Wildman–Crippen LogP) is 2.94. The maximum atomic E-state index is 12.4. The molecule has 0 amide bonds. The Kier molecular flexibility index (Phi) is 5.10. The van der Waals surface area contributed by atoms with Gasteiger partial charge in [-0.3, -0.25) is 4.72 Å². The van der Waals surface area contributed by atoms with Crippen LogP contribution >= 0.6 is 12.2 Å². The molecule has 0 heterocycles. The summed E-state index contributed by atoms with van der Waals surface area (Å²) in [6, 6.07) is 13.6. The van der Waals surface area contributed by atoms with Crippen molar-refractivity contribution in [3.63, 3.8) is 0 Å². The Balaban J connectivity index is 1.65. The van der Waals surface area contributed by atoms with E-state index in [4.69, 9.17) is 17.0 Å². The number of benzene rings is 2. The first-order valence-corrected chi connectivity index (χ1v) is 9.70. The zero-order chi connectivity index (χ0) is 17.9. The van der Waals surface area contributed by atoms with Crippen LogP contribution in [-0.2, 0) is 10.0 Å². The molecule has 8 heteroatoms. The average molecular weight is 377 g/mol. The molecular weight excluding hydrogens is 358 g/mol. The quantitative estimate of drug-likeness (QED) is 0.672. The molecule has 0 unspecified atom stereocenters. The van der Waals surface area contributed by atoms with Crippen LogP contribution in [0.2, 0.25) is 0 Å². The molecule has 25 heavy (non-hydrogen) atoms. The topological polar surface area (TPSA) is 79.5 Å². The number of hydrogen-bond acceptors (Lipinski definition) is 4. The van der Waals surface area contributed by atoms with E-state index in [9.17, 15) is 8.42 Å². The lowest BCUT2D eigenvalue weighted by atomic mass is 10.3. The van der Waals surface area contributed by atoms with Crippen molar-refractivity contribution < 1.29 is 13.2 Å². The first-order valence-electron chi connectivity index (χ1n) is 7.81. The van der Waals surface area contributed by atoms with E-state index < -0.39 is 10.0 Å². The summed E-state index contributed by atoms with van der Waals surface area (Å²) in [5.41, 5.74) is 1.21. The van der Waals surface area contributed by atoms with Crippen LogP contribution in [0.25, 0.3) is 0 Å². The van der Waals surface area contributed by atoms with Crippen LogP contribution in [0, 0.1) is 0 Å². The van der Waals surface area contributed by atoms with Gasteiger partial charge in [-0.2, -0.15) is 0 Å². The van der Waals surface area contributed by atoms with Gasteiger partial charge in [0.25, 0.3) is 10.0 Å². The molecule has 0 bridgehead atoms. The Labute approximate surface area is 152 Å². The zero-order valence-corrected chi connectivity index (χ0v) is 15.3. The van der Waals surface area contributed by atoms with Crippen LogP contribution in [0.15, 0.2) is 53.4 Å². The maximum absolute atomic E-state index is 12.4. The fraction of sp³-hybridized carbons (Fsp3) is 0.235. The van der Waals surface area contributed by atoms with E-state index in [1.54, 1.807) is 43.5 Å². The molecule has 0 radical (unpaired) electrons. The van der Waals surface area contributed by atoms with Gasteiger partial charge < -0.3 is 15.4 Å². The highest BCUT2D eigenvalue weighted by molar-refractivity contribution is 7.92. The summed E-state index contributed by atoms with van der Waals surface area (Å²) in [5.74, 6) is 0.661. The smallest absolute Gasteiger partial charge is 0.261 e. The summed E-state index contributed by atoms with van der Waals surface area (Å²) in [5, 5.41) is 6.76. The fourth-order valence-electron chi connectivity index (χ4n) is 2.17. The monoisotopic (exact) mass is 377 g/mol. The molecule has 2 aromatic carbocycles. The highest BCUT2D eigenvalue weighted by Crippen LogP contribution is 2.21. The third-order valence-electron chi connectivity index (χ3n) is 3.68. The number of ether oxygens (including phenoxy) is 1. The Bertz CT molecular complexity index is 846. The largest absolute Gasteiger partial charge is 0.497 e. The first-order chi connectivity index (χ1) is 12.0. The minimum absolute atomic E-state index is 0.176. The van der Waals surface area contributed by atoms with E-state index >= 15 is 0 Å². The van der Waals surface area contributed by atoms with Gasteiger partial charge in [0.2, 0.25) is 0 Å². The summed E-state index contributed by atoms with van der Waals surface area (Å²) in [6.45, 7) is 0. The lowest BCUT2D eigenvalue weighted by Crippen LogP contribution is -2.30. The average Bonchev–Trinajstić information content (AvgIpc) is 3.39. The molecule has 1 aliphatic carbocycles. The van der Waals surface area contributed by atoms with Gasteiger partial charge >= 0.3 is 0 Å². The van der Waals surface area contributed by atoms with Crippen LogP contribution in [0.4, 0.5) is 11.4 Å². The van der Waals surface area contributed by atoms with E-state index in [-0.39, 0.29) is 4.90 Å². The maximum Gasteiger partial charge on any atom is 0.261 e. The van der Waals surface area contributed by atoms with Crippen LogP contribution < -0.4 is 20.1 Å². The number of anilines is 2. The highest BCUT2D eigenvalue weighted by Gasteiger charge is 2.21. The molecule has 6 nitrogen and oxygen atoms in total. The number of thiocarbonyl (C=S) groups is 1. The van der Waals surface area contributed by atoms with Crippen molar-refractivity contribution in [3.8, 4) is 5.75 Å². The lowest BCUT2D eigenvalue weighted by molar-refractivity contribution is 0.415. The number of nitrogens with one attached hydrogen (secondary N) is 3. The van der Waals surface area contributed by atoms with Crippen molar-refractivity contribution in [1.29, 1.82) is 0 Å². The van der Waals surface area contributed by atoms with Crippen molar-refractivity contribution >= 4 is 38.7 Å². The Morgan fingerprint density at radius 2 is 1.64 bits per heavy atom. The molecule has 1 saturated carbocycles. The Morgan fingerprint density at radius 1 is 1.04 bits per heavy atom. The molecule has 0 aromatic heterocycles. The van der Waals surface area contributed by atoms with Crippen molar-refractivity contribution in [2.75, 3.05) is 17.1 Å². The van der Waals surface area contributed by atoms with E-state index in [0.29, 0.717) is 22.6 Å². The standard InChI is InChI=1S/C17H19N3O3S2/c1-23-15-8-4-14(5-9-15)20-25(21,22)16-10-6-13(7-11-16)19-17(24)18-12-2-3-12/h4-12,20H,2-3H2,1H3,(H2,18,19,24). The zero-order valence-electron chi connectivity index (χ0n) is 13.7. The molecule has 132 valence electrons. The van der Waals surface area contributed by atoms with Gasteiger partial charge in [-0.1, -0.05) is 0 Å². The molecular formula is C17H19N3O3S2. The van der Waals surface area contributed by atoms with Crippen LogP contribution in [0.5, 0.6) is 5.75 Å². The summed E-state index contributed by atoms with van der Waals surface area (Å²) in [6.07, 6.45) is 2.27. The van der Waals surface area contributed by atoms with Crippen molar-refractivity contribution in [1.82, 2.24) is 5.32 Å². The third-order valence-corrected chi connectivity index (χ3v) is 5.29. The molecule has 3 rings (SSSR count). The molecule has 3 N–H and O–H groups in total. The second-order valence-electron chi connectivity index (χ2n) is 5.73. The second-order valence-corrected chi connectivity index (χ2v) is 7.82. The molecule has 1 aliphatic rings. The van der Waals surface area contributed by atoms with Crippen molar-refractivity contribution in [2.24, 2.45) is 0 Å². The molecule has 0 atom stereocenters. The highest BCUT2D eigenvalue weighted by atomic mass is 32.2. The number of sulfonamides is 1. The summed E-state index contributed by atoms with van der Waals surface area (Å²) < 4.78 is 32.5. The van der Waals surface area contributed by atoms with E-state index in [1.807, 2.05) is 0 Å². The molecule has 0 aliphatic heterocycles. The van der Waals surface area contributed by atoms with Gasteiger partial charge in [0, 0.05) is 17.4 Å². The molecule has 0 spiro atoms. The third kappa shape index (κ3) is 4.83. The van der Waals surface area contributed by atoms with Crippen molar-refractivity contribution in [3.05, 3.63) is 48.5 Å². The van der Waals surface area contributed by atoms with Gasteiger partial charge in [-0.15, -0.1) is 0 Å². The van der Waals surface area contributed by atoms with Crippen molar-refractivity contribution in [2.45, 2.75) is 23.8 Å². The van der Waals surface area contributed by atoms with Crippen LogP contribution in [0.1, 0.15) is 12.8 Å². The summed E-state index contributed by atoms with van der Waals surface area (Å²) in [4.78, 5) is 0.176. The predicted molar refractivity (Wildman–Crippen MR) is 103 cm³/mol. The minimum Gasteiger partial charge on any atom is -0.497 e. The van der Waals surface area contributed by atoms with Gasteiger partial charge in [-0.25, -0.2) is 8.42 Å². The van der Waals surface area contributed by atoms with Gasteiger partial charge in [-0.05, 0) is 73.6 Å². The number of methoxy groups -OCH3 is 1. The summed E-state index contributed by atoms with van der Waals surface area (Å²) in [7, 11) is -2.10. The van der Waals surface area contributed by atoms with Crippen LogP contribution in [0.3, 0.4) is 0 Å². The van der Waals surface area contributed by atoms with E-state index in [0.717, 1.165) is 18.5 Å². The van der Waals surface area contributed by atoms with Gasteiger partial charge in [0.15, 0.2) is 5.11 Å².